The highest BCUT2D eigenvalue weighted by molar-refractivity contribution is 6.09. The third-order valence-corrected chi connectivity index (χ3v) is 5.89. The second kappa shape index (κ2) is 9.03. The Morgan fingerprint density at radius 3 is 2.61 bits per heavy atom. The van der Waals surface area contributed by atoms with Crippen LogP contribution in [0.15, 0.2) is 29.3 Å². The Morgan fingerprint density at radius 2 is 1.94 bits per heavy atom. The van der Waals surface area contributed by atoms with Crippen molar-refractivity contribution in [2.24, 2.45) is 10.7 Å². The molecular weight excluding hydrogens is 434 g/mol. The third kappa shape index (κ3) is 4.73. The summed E-state index contributed by atoms with van der Waals surface area (Å²) in [7, 11) is 0. The van der Waals surface area contributed by atoms with Gasteiger partial charge in [0.25, 0.3) is 5.91 Å². The van der Waals surface area contributed by atoms with Crippen LogP contribution in [0.1, 0.15) is 23.2 Å². The lowest BCUT2D eigenvalue weighted by molar-refractivity contribution is -0.140. The van der Waals surface area contributed by atoms with Crippen LogP contribution in [-0.4, -0.2) is 88.9 Å². The molecule has 2 fully saturated rings. The molecular formula is C20H25N7O6. The second-order valence-electron chi connectivity index (χ2n) is 8.13. The minimum absolute atomic E-state index is 0.0501. The van der Waals surface area contributed by atoms with Crippen LogP contribution in [0.4, 0.5) is 5.69 Å². The summed E-state index contributed by atoms with van der Waals surface area (Å²) in [5.41, 5.74) is 6.85. The maximum Gasteiger partial charge on any atom is 0.326 e. The van der Waals surface area contributed by atoms with E-state index in [1.54, 1.807) is 24.3 Å². The summed E-state index contributed by atoms with van der Waals surface area (Å²) in [5, 5.41) is 26.0. The van der Waals surface area contributed by atoms with Crippen LogP contribution in [0.5, 0.6) is 0 Å². The minimum Gasteiger partial charge on any atom is -0.481 e. The lowest BCUT2D eigenvalue weighted by Gasteiger charge is -2.40. The van der Waals surface area contributed by atoms with Crippen molar-refractivity contribution in [2.45, 2.75) is 37.3 Å². The number of amides is 2. The number of amidine groups is 1. The summed E-state index contributed by atoms with van der Waals surface area (Å²) in [6.07, 6.45) is -1.24. The Balaban J connectivity index is 1.40. The quantitative estimate of drug-likeness (QED) is 0.264. The van der Waals surface area contributed by atoms with Crippen molar-refractivity contribution in [1.29, 1.82) is 0 Å². The number of aliphatic imine (C=N–C) groups is 1. The van der Waals surface area contributed by atoms with Gasteiger partial charge in [0, 0.05) is 30.3 Å². The molecule has 33 heavy (non-hydrogen) atoms. The molecule has 13 heteroatoms. The summed E-state index contributed by atoms with van der Waals surface area (Å²) in [5.74, 6) is -2.67. The van der Waals surface area contributed by atoms with Gasteiger partial charge < -0.3 is 31.1 Å². The van der Waals surface area contributed by atoms with Crippen LogP contribution in [0.25, 0.3) is 0 Å². The maximum absolute atomic E-state index is 12.5. The summed E-state index contributed by atoms with van der Waals surface area (Å²) in [6.45, 7) is 1.66. The maximum atomic E-state index is 12.5. The van der Waals surface area contributed by atoms with Crippen LogP contribution < -0.4 is 26.6 Å². The van der Waals surface area contributed by atoms with E-state index in [4.69, 9.17) is 10.8 Å². The molecule has 1 aromatic carbocycles. The molecule has 0 bridgehead atoms. The highest BCUT2D eigenvalue weighted by Crippen LogP contribution is 2.27. The van der Waals surface area contributed by atoms with Crippen molar-refractivity contribution >= 4 is 35.3 Å². The number of aliphatic carboxylic acids is 2. The zero-order chi connectivity index (χ0) is 23.7. The Hall–Kier alpha value is -3.71. The van der Waals surface area contributed by atoms with Gasteiger partial charge in [-0.2, -0.15) is 0 Å². The molecule has 0 radical (unpaired) electrons. The molecule has 3 heterocycles. The zero-order valence-electron chi connectivity index (χ0n) is 17.6. The van der Waals surface area contributed by atoms with Gasteiger partial charge in [0.05, 0.1) is 13.2 Å². The van der Waals surface area contributed by atoms with Crippen molar-refractivity contribution in [1.82, 2.24) is 20.9 Å². The molecule has 0 aromatic heterocycles. The van der Waals surface area contributed by atoms with Crippen molar-refractivity contribution in [3.8, 4) is 0 Å². The molecule has 0 aliphatic carbocycles. The molecule has 13 nitrogen and oxygen atoms in total. The number of benzene rings is 1. The molecule has 4 rings (SSSR count). The zero-order valence-corrected chi connectivity index (χ0v) is 17.6. The van der Waals surface area contributed by atoms with Gasteiger partial charge in [-0.3, -0.25) is 30.0 Å². The number of nitrogens with two attached hydrogens (primary N) is 1. The Bertz CT molecular complexity index is 997. The summed E-state index contributed by atoms with van der Waals surface area (Å²) in [6, 6.07) is 4.88. The molecule has 2 amide bonds. The molecule has 4 atom stereocenters. The molecule has 0 spiro atoms. The van der Waals surface area contributed by atoms with E-state index in [0.29, 0.717) is 25.6 Å². The number of carboxylic acid groups (broad SMARTS) is 2. The summed E-state index contributed by atoms with van der Waals surface area (Å²) in [4.78, 5) is 55.5. The van der Waals surface area contributed by atoms with Gasteiger partial charge in [0.1, 0.15) is 17.9 Å². The molecule has 3 aliphatic heterocycles. The number of carbonyl (C=O) groups excluding carboxylic acids is 2. The largest absolute Gasteiger partial charge is 0.481 e. The summed E-state index contributed by atoms with van der Waals surface area (Å²) >= 11 is 0. The molecule has 176 valence electrons. The number of rotatable bonds is 7. The van der Waals surface area contributed by atoms with Gasteiger partial charge in [-0.15, -0.1) is 0 Å². The highest BCUT2D eigenvalue weighted by Gasteiger charge is 2.46. The van der Waals surface area contributed by atoms with Crippen molar-refractivity contribution in [2.75, 3.05) is 24.7 Å². The van der Waals surface area contributed by atoms with Gasteiger partial charge in [0.15, 0.2) is 6.29 Å². The first kappa shape index (κ1) is 22.5. The molecule has 0 saturated carbocycles. The van der Waals surface area contributed by atoms with E-state index in [9.17, 15) is 24.3 Å². The van der Waals surface area contributed by atoms with E-state index in [0.717, 1.165) is 5.69 Å². The van der Waals surface area contributed by atoms with Gasteiger partial charge in [-0.25, -0.2) is 4.79 Å². The smallest absolute Gasteiger partial charge is 0.326 e. The number of nitrogens with zero attached hydrogens (tertiary/aromatic N) is 3. The van der Waals surface area contributed by atoms with Crippen LogP contribution in [0.3, 0.4) is 0 Å². The minimum atomic E-state index is -1.29. The van der Waals surface area contributed by atoms with Crippen LogP contribution in [-0.2, 0) is 14.4 Å². The lowest BCUT2D eigenvalue weighted by Crippen LogP contribution is -2.71. The topological polar surface area (TPSA) is 190 Å². The second-order valence-corrected chi connectivity index (χ2v) is 8.13. The number of carboxylic acids is 2. The number of anilines is 1. The Labute approximate surface area is 188 Å². The van der Waals surface area contributed by atoms with E-state index < -0.39 is 36.2 Å². The van der Waals surface area contributed by atoms with Crippen LogP contribution >= 0.6 is 0 Å². The van der Waals surface area contributed by atoms with E-state index in [1.807, 2.05) is 0 Å². The fraction of sp³-hybridized carbons (Fsp3) is 0.450. The van der Waals surface area contributed by atoms with E-state index in [1.165, 1.54) is 0 Å². The van der Waals surface area contributed by atoms with Crippen molar-refractivity contribution < 1.29 is 29.4 Å². The number of carbonyl (C=O) groups is 4. The normalized spacial score (nSPS) is 25.1. The molecule has 3 aliphatic rings. The predicted molar refractivity (Wildman–Crippen MR) is 115 cm³/mol. The summed E-state index contributed by atoms with van der Waals surface area (Å²) < 4.78 is 0. The number of nitrogens with one attached hydrogen (secondary N) is 3. The molecule has 7 N–H and O–H groups in total. The molecule has 1 aromatic rings. The first-order chi connectivity index (χ1) is 15.7. The predicted octanol–water partition coefficient (Wildman–Crippen LogP) is -2.08. The first-order valence-electron chi connectivity index (χ1n) is 10.5. The molecule has 2 unspecified atom stereocenters. The number of hydrogen-bond acceptors (Lipinski definition) is 9. The Morgan fingerprint density at radius 1 is 1.21 bits per heavy atom. The van der Waals surface area contributed by atoms with Crippen molar-refractivity contribution in [3.63, 3.8) is 0 Å². The van der Waals surface area contributed by atoms with E-state index >= 15 is 0 Å². The van der Waals surface area contributed by atoms with Gasteiger partial charge in [-0.1, -0.05) is 0 Å². The van der Waals surface area contributed by atoms with E-state index in [-0.39, 0.29) is 30.4 Å². The number of fused-ring (bicyclic) bond motifs is 3. The van der Waals surface area contributed by atoms with Crippen LogP contribution in [0.2, 0.25) is 0 Å². The lowest BCUT2D eigenvalue weighted by atomic mass is 10.1. The SMILES string of the molecule is NC1NC(=O)C2C(=NC[C@@H]3CN(c4ccc(C(=O)N[C@H](CCC(=O)O)C(=O)O)cc4)CN23)N1. The van der Waals surface area contributed by atoms with Crippen LogP contribution in [0, 0.1) is 0 Å². The molecule has 2 saturated heterocycles. The Kier molecular flexibility index (Phi) is 6.16. The number of hydrogen-bond donors (Lipinski definition) is 6. The highest BCUT2D eigenvalue weighted by atomic mass is 16.4. The fourth-order valence-corrected chi connectivity index (χ4v) is 4.24. The fourth-order valence-electron chi connectivity index (χ4n) is 4.24. The standard InChI is InChI=1S/C20H25N7O6/c21-20-24-16-15(18(31)25-20)27-9-26(8-12(27)7-22-16)11-3-1-10(2-4-11)17(30)23-13(19(32)33)5-6-14(28)29/h1-4,12-13,15,20H,5-9,21H2,(H,22,24)(H,23,30)(H,25,31)(H,28,29)(H,32,33)/t12-,13-,15?,20?/m1/s1. The third-order valence-electron chi connectivity index (χ3n) is 5.89. The van der Waals surface area contributed by atoms with Crippen molar-refractivity contribution in [3.05, 3.63) is 29.8 Å². The average molecular weight is 459 g/mol. The van der Waals surface area contributed by atoms with Gasteiger partial charge in [-0.05, 0) is 30.7 Å². The van der Waals surface area contributed by atoms with Gasteiger partial charge in [0.2, 0.25) is 5.91 Å². The van der Waals surface area contributed by atoms with Gasteiger partial charge >= 0.3 is 11.9 Å². The monoisotopic (exact) mass is 459 g/mol. The van der Waals surface area contributed by atoms with E-state index in [2.05, 4.69) is 30.7 Å². The average Bonchev–Trinajstić information content (AvgIpc) is 3.20. The first-order valence-corrected chi connectivity index (χ1v) is 10.5.